The van der Waals surface area contributed by atoms with Gasteiger partial charge in [-0.15, -0.1) is 11.3 Å². The largest absolute Gasteiger partial charge is 0.345 e. The average Bonchev–Trinajstić information content (AvgIpc) is 3.16. The van der Waals surface area contributed by atoms with Gasteiger partial charge in [-0.05, 0) is 13.8 Å². The maximum absolute atomic E-state index is 12.2. The van der Waals surface area contributed by atoms with Crippen molar-refractivity contribution >= 4 is 22.5 Å². The number of rotatable bonds is 4. The molecule has 124 valence electrons. The summed E-state index contributed by atoms with van der Waals surface area (Å²) < 4.78 is 5.02. The lowest BCUT2D eigenvalue weighted by atomic mass is 10.3. The number of hydrogen-bond donors (Lipinski definition) is 1. The summed E-state index contributed by atoms with van der Waals surface area (Å²) in [6, 6.07) is -0.0452. The summed E-state index contributed by atoms with van der Waals surface area (Å²) in [5, 5.41) is 9.71. The van der Waals surface area contributed by atoms with Gasteiger partial charge in [0.1, 0.15) is 0 Å². The fraction of sp³-hybridized carbons (Fsp3) is 0.571. The SMILES string of the molecule is Cc1csc(N2CCN(C(=O)NCCc3nc(C)no3)CC2)n1. The van der Waals surface area contributed by atoms with Gasteiger partial charge in [-0.25, -0.2) is 9.78 Å². The van der Waals surface area contributed by atoms with Crippen LogP contribution in [0.15, 0.2) is 9.90 Å². The van der Waals surface area contributed by atoms with E-state index in [9.17, 15) is 4.79 Å². The zero-order chi connectivity index (χ0) is 16.2. The Morgan fingerprint density at radius 1 is 1.30 bits per heavy atom. The minimum atomic E-state index is -0.0452. The number of carbonyl (C=O) groups is 1. The van der Waals surface area contributed by atoms with Crippen LogP contribution in [0.3, 0.4) is 0 Å². The predicted octanol–water partition coefficient (Wildman–Crippen LogP) is 1.22. The summed E-state index contributed by atoms with van der Waals surface area (Å²) in [5.41, 5.74) is 1.04. The van der Waals surface area contributed by atoms with E-state index in [-0.39, 0.29) is 6.03 Å². The molecule has 1 N–H and O–H groups in total. The van der Waals surface area contributed by atoms with Gasteiger partial charge in [0, 0.05) is 44.5 Å². The number of nitrogens with zero attached hydrogens (tertiary/aromatic N) is 5. The maximum atomic E-state index is 12.2. The Hall–Kier alpha value is -2.16. The molecule has 0 spiro atoms. The summed E-state index contributed by atoms with van der Waals surface area (Å²) in [6.07, 6.45) is 0.547. The molecule has 2 amide bonds. The standard InChI is InChI=1S/C14H20N6O2S/c1-10-9-23-14(16-10)20-7-5-19(6-8-20)13(21)15-4-3-12-17-11(2)18-22-12/h9H,3-8H2,1-2H3,(H,15,21). The Kier molecular flexibility index (Phi) is 4.75. The molecule has 0 aliphatic carbocycles. The quantitative estimate of drug-likeness (QED) is 0.903. The van der Waals surface area contributed by atoms with Gasteiger partial charge in [0.15, 0.2) is 11.0 Å². The van der Waals surface area contributed by atoms with Gasteiger partial charge < -0.3 is 19.6 Å². The number of carbonyl (C=O) groups excluding carboxylic acids is 1. The summed E-state index contributed by atoms with van der Waals surface area (Å²) in [4.78, 5) is 24.8. The Morgan fingerprint density at radius 2 is 2.09 bits per heavy atom. The van der Waals surface area contributed by atoms with Crippen LogP contribution in [0.1, 0.15) is 17.4 Å². The van der Waals surface area contributed by atoms with Crippen LogP contribution in [0.4, 0.5) is 9.93 Å². The Bertz CT molecular complexity index is 662. The first-order chi connectivity index (χ1) is 11.1. The van der Waals surface area contributed by atoms with Gasteiger partial charge in [-0.1, -0.05) is 5.16 Å². The molecule has 3 rings (SSSR count). The number of piperazine rings is 1. The molecule has 2 aromatic heterocycles. The van der Waals surface area contributed by atoms with Crippen LogP contribution >= 0.6 is 11.3 Å². The van der Waals surface area contributed by atoms with Gasteiger partial charge >= 0.3 is 6.03 Å². The molecule has 23 heavy (non-hydrogen) atoms. The normalized spacial score (nSPS) is 15.0. The Balaban J connectivity index is 1.41. The van der Waals surface area contributed by atoms with Crippen molar-refractivity contribution in [3.8, 4) is 0 Å². The van der Waals surface area contributed by atoms with E-state index >= 15 is 0 Å². The van der Waals surface area contributed by atoms with E-state index in [1.54, 1.807) is 18.3 Å². The molecule has 1 aliphatic rings. The Morgan fingerprint density at radius 3 is 2.70 bits per heavy atom. The topological polar surface area (TPSA) is 87.4 Å². The third kappa shape index (κ3) is 3.98. The van der Waals surface area contributed by atoms with E-state index in [0.717, 1.165) is 23.9 Å². The number of amides is 2. The van der Waals surface area contributed by atoms with Crippen molar-refractivity contribution in [1.82, 2.24) is 25.3 Å². The highest BCUT2D eigenvalue weighted by atomic mass is 32.1. The maximum Gasteiger partial charge on any atom is 0.317 e. The first-order valence-electron chi connectivity index (χ1n) is 7.61. The molecule has 0 bridgehead atoms. The van der Waals surface area contributed by atoms with E-state index < -0.39 is 0 Å². The second kappa shape index (κ2) is 6.95. The van der Waals surface area contributed by atoms with E-state index in [0.29, 0.717) is 37.8 Å². The first-order valence-corrected chi connectivity index (χ1v) is 8.49. The number of aryl methyl sites for hydroxylation is 2. The zero-order valence-corrected chi connectivity index (χ0v) is 14.1. The summed E-state index contributed by atoms with van der Waals surface area (Å²) >= 11 is 1.65. The third-order valence-corrected chi connectivity index (χ3v) is 4.65. The Labute approximate surface area is 138 Å². The minimum Gasteiger partial charge on any atom is -0.345 e. The lowest BCUT2D eigenvalue weighted by Gasteiger charge is -2.34. The van der Waals surface area contributed by atoms with Crippen molar-refractivity contribution in [3.63, 3.8) is 0 Å². The van der Waals surface area contributed by atoms with E-state index in [1.165, 1.54) is 0 Å². The smallest absolute Gasteiger partial charge is 0.317 e. The number of hydrogen-bond acceptors (Lipinski definition) is 7. The molecule has 2 aromatic rings. The lowest BCUT2D eigenvalue weighted by Crippen LogP contribution is -2.52. The number of anilines is 1. The number of aromatic nitrogens is 3. The number of urea groups is 1. The van der Waals surface area contributed by atoms with Crippen LogP contribution in [-0.2, 0) is 6.42 Å². The fourth-order valence-electron chi connectivity index (χ4n) is 2.42. The van der Waals surface area contributed by atoms with Gasteiger partial charge in [-0.3, -0.25) is 0 Å². The molecule has 8 nitrogen and oxygen atoms in total. The van der Waals surface area contributed by atoms with Crippen molar-refractivity contribution in [3.05, 3.63) is 22.8 Å². The molecule has 3 heterocycles. The summed E-state index contributed by atoms with van der Waals surface area (Å²) in [5.74, 6) is 1.16. The third-order valence-electron chi connectivity index (χ3n) is 3.63. The molecule has 0 atom stereocenters. The van der Waals surface area contributed by atoms with E-state index in [4.69, 9.17) is 4.52 Å². The minimum absolute atomic E-state index is 0.0452. The molecule has 0 radical (unpaired) electrons. The fourth-order valence-corrected chi connectivity index (χ4v) is 3.27. The molecule has 0 saturated carbocycles. The second-order valence-electron chi connectivity index (χ2n) is 5.46. The monoisotopic (exact) mass is 336 g/mol. The average molecular weight is 336 g/mol. The van der Waals surface area contributed by atoms with Crippen LogP contribution in [0, 0.1) is 13.8 Å². The van der Waals surface area contributed by atoms with E-state index in [1.807, 2.05) is 17.2 Å². The zero-order valence-electron chi connectivity index (χ0n) is 13.3. The summed E-state index contributed by atoms with van der Waals surface area (Å²) in [7, 11) is 0. The highest BCUT2D eigenvalue weighted by Gasteiger charge is 2.22. The molecule has 1 aliphatic heterocycles. The van der Waals surface area contributed by atoms with Crippen LogP contribution < -0.4 is 10.2 Å². The highest BCUT2D eigenvalue weighted by molar-refractivity contribution is 7.13. The van der Waals surface area contributed by atoms with Crippen LogP contribution in [-0.4, -0.2) is 58.8 Å². The first kappa shape index (κ1) is 15.7. The van der Waals surface area contributed by atoms with Crippen molar-refractivity contribution in [2.24, 2.45) is 0 Å². The van der Waals surface area contributed by atoms with Gasteiger partial charge in [0.25, 0.3) is 0 Å². The number of thiazole rings is 1. The van der Waals surface area contributed by atoms with Crippen LogP contribution in [0.5, 0.6) is 0 Å². The second-order valence-corrected chi connectivity index (χ2v) is 6.30. The summed E-state index contributed by atoms with van der Waals surface area (Å²) in [6.45, 7) is 7.27. The lowest BCUT2D eigenvalue weighted by molar-refractivity contribution is 0.194. The highest BCUT2D eigenvalue weighted by Crippen LogP contribution is 2.21. The van der Waals surface area contributed by atoms with Crippen molar-refractivity contribution < 1.29 is 9.32 Å². The molecular formula is C14H20N6O2S. The van der Waals surface area contributed by atoms with Crippen molar-refractivity contribution in [2.75, 3.05) is 37.6 Å². The van der Waals surface area contributed by atoms with Crippen LogP contribution in [0.25, 0.3) is 0 Å². The molecular weight excluding hydrogens is 316 g/mol. The molecule has 1 fully saturated rings. The molecule has 0 unspecified atom stereocenters. The number of nitrogens with one attached hydrogen (secondary N) is 1. The molecule has 9 heteroatoms. The molecule has 1 saturated heterocycles. The molecule has 0 aromatic carbocycles. The van der Waals surface area contributed by atoms with Gasteiger partial charge in [0.2, 0.25) is 5.89 Å². The van der Waals surface area contributed by atoms with Crippen LogP contribution in [0.2, 0.25) is 0 Å². The van der Waals surface area contributed by atoms with E-state index in [2.05, 4.69) is 25.3 Å². The van der Waals surface area contributed by atoms with Gasteiger partial charge in [-0.2, -0.15) is 4.98 Å². The van der Waals surface area contributed by atoms with Crippen molar-refractivity contribution in [1.29, 1.82) is 0 Å². The predicted molar refractivity (Wildman–Crippen MR) is 86.8 cm³/mol. The van der Waals surface area contributed by atoms with Crippen molar-refractivity contribution in [2.45, 2.75) is 20.3 Å². The van der Waals surface area contributed by atoms with Gasteiger partial charge in [0.05, 0.1) is 5.69 Å².